The average molecular weight is 378 g/mol. The molecule has 0 saturated heterocycles. The predicted octanol–water partition coefficient (Wildman–Crippen LogP) is 4.44. The Labute approximate surface area is 164 Å². The minimum atomic E-state index is -0.331. The number of para-hydroxylation sites is 1. The predicted molar refractivity (Wildman–Crippen MR) is 110 cm³/mol. The van der Waals surface area contributed by atoms with Crippen molar-refractivity contribution in [1.82, 2.24) is 4.90 Å². The van der Waals surface area contributed by atoms with Crippen LogP contribution in [0.3, 0.4) is 0 Å². The van der Waals surface area contributed by atoms with Crippen LogP contribution in [-0.2, 0) is 4.79 Å². The van der Waals surface area contributed by atoms with Crippen molar-refractivity contribution in [3.8, 4) is 16.9 Å². The summed E-state index contributed by atoms with van der Waals surface area (Å²) in [6.07, 6.45) is 0. The van der Waals surface area contributed by atoms with Crippen molar-refractivity contribution in [3.05, 3.63) is 84.7 Å². The smallest absolute Gasteiger partial charge is 0.238 e. The number of amides is 1. The number of nitrogens with one attached hydrogen (secondary N) is 1. The van der Waals surface area contributed by atoms with E-state index in [0.717, 1.165) is 16.8 Å². The van der Waals surface area contributed by atoms with Gasteiger partial charge in [0.1, 0.15) is 18.2 Å². The molecular formula is C23H23FN2O2. The van der Waals surface area contributed by atoms with E-state index in [4.69, 9.17) is 4.74 Å². The van der Waals surface area contributed by atoms with Crippen LogP contribution in [-0.4, -0.2) is 37.6 Å². The summed E-state index contributed by atoms with van der Waals surface area (Å²) >= 11 is 0. The maximum atomic E-state index is 13.1. The first kappa shape index (κ1) is 19.6. The van der Waals surface area contributed by atoms with Crippen molar-refractivity contribution in [3.63, 3.8) is 0 Å². The lowest BCUT2D eigenvalue weighted by Gasteiger charge is -2.17. The van der Waals surface area contributed by atoms with Crippen molar-refractivity contribution in [2.75, 3.05) is 32.1 Å². The number of likely N-dealkylation sites (N-methyl/N-ethyl adjacent to an activating group) is 1. The van der Waals surface area contributed by atoms with E-state index in [9.17, 15) is 9.18 Å². The topological polar surface area (TPSA) is 41.6 Å². The third-order valence-electron chi connectivity index (χ3n) is 4.24. The number of carbonyl (C=O) groups is 1. The number of ether oxygens (including phenoxy) is 1. The number of benzene rings is 3. The van der Waals surface area contributed by atoms with Crippen molar-refractivity contribution >= 4 is 11.6 Å². The number of hydrogen-bond donors (Lipinski definition) is 1. The minimum Gasteiger partial charge on any atom is -0.492 e. The summed E-state index contributed by atoms with van der Waals surface area (Å²) in [7, 11) is 1.84. The molecule has 0 fully saturated rings. The largest absolute Gasteiger partial charge is 0.492 e. The van der Waals surface area contributed by atoms with Crippen LogP contribution in [0.15, 0.2) is 78.9 Å². The van der Waals surface area contributed by atoms with E-state index in [-0.39, 0.29) is 18.3 Å². The van der Waals surface area contributed by atoms with E-state index >= 15 is 0 Å². The minimum absolute atomic E-state index is 0.100. The SMILES string of the molecule is CN(CCOc1cccc(F)c1)CC(=O)Nc1ccccc1-c1ccccc1. The molecule has 0 aliphatic rings. The highest BCUT2D eigenvalue weighted by Crippen LogP contribution is 2.27. The maximum absolute atomic E-state index is 13.1. The summed E-state index contributed by atoms with van der Waals surface area (Å²) in [5.41, 5.74) is 2.81. The summed E-state index contributed by atoms with van der Waals surface area (Å²) in [5, 5.41) is 2.98. The lowest BCUT2D eigenvalue weighted by atomic mass is 10.0. The summed E-state index contributed by atoms with van der Waals surface area (Å²) in [4.78, 5) is 14.3. The van der Waals surface area contributed by atoms with Crippen LogP contribution in [0.1, 0.15) is 0 Å². The normalized spacial score (nSPS) is 10.7. The fourth-order valence-electron chi connectivity index (χ4n) is 2.85. The van der Waals surface area contributed by atoms with Gasteiger partial charge in [-0.05, 0) is 30.8 Å². The molecule has 144 valence electrons. The van der Waals surface area contributed by atoms with E-state index in [1.165, 1.54) is 12.1 Å². The van der Waals surface area contributed by atoms with Gasteiger partial charge in [-0.1, -0.05) is 54.6 Å². The van der Waals surface area contributed by atoms with E-state index in [1.807, 2.05) is 66.5 Å². The molecule has 1 N–H and O–H groups in total. The van der Waals surface area contributed by atoms with E-state index < -0.39 is 0 Å². The summed E-state index contributed by atoms with van der Waals surface area (Å²) in [5.74, 6) is 0.0496. The quantitative estimate of drug-likeness (QED) is 0.630. The highest BCUT2D eigenvalue weighted by molar-refractivity contribution is 5.96. The first-order chi connectivity index (χ1) is 13.6. The van der Waals surface area contributed by atoms with Gasteiger partial charge in [-0.15, -0.1) is 0 Å². The van der Waals surface area contributed by atoms with Crippen molar-refractivity contribution in [2.24, 2.45) is 0 Å². The molecule has 0 radical (unpaired) electrons. The molecule has 1 amide bonds. The van der Waals surface area contributed by atoms with Gasteiger partial charge in [-0.2, -0.15) is 0 Å². The van der Waals surface area contributed by atoms with Crippen LogP contribution in [0, 0.1) is 5.82 Å². The van der Waals surface area contributed by atoms with Crippen LogP contribution >= 0.6 is 0 Å². The fraction of sp³-hybridized carbons (Fsp3) is 0.174. The Bertz CT molecular complexity index is 915. The lowest BCUT2D eigenvalue weighted by molar-refractivity contribution is -0.117. The number of nitrogens with zero attached hydrogens (tertiary/aromatic N) is 1. The van der Waals surface area contributed by atoms with Crippen molar-refractivity contribution in [2.45, 2.75) is 0 Å². The van der Waals surface area contributed by atoms with E-state index in [0.29, 0.717) is 18.9 Å². The average Bonchev–Trinajstić information content (AvgIpc) is 2.69. The van der Waals surface area contributed by atoms with Crippen LogP contribution in [0.25, 0.3) is 11.1 Å². The van der Waals surface area contributed by atoms with Gasteiger partial charge in [0.25, 0.3) is 0 Å². The standard InChI is InChI=1S/C23H23FN2O2/c1-26(14-15-28-20-11-7-10-19(24)16-20)17-23(27)25-22-13-6-5-12-21(22)18-8-3-2-4-9-18/h2-13,16H,14-15,17H2,1H3,(H,25,27). The Hall–Kier alpha value is -3.18. The number of anilines is 1. The van der Waals surface area contributed by atoms with Crippen molar-refractivity contribution in [1.29, 1.82) is 0 Å². The zero-order valence-corrected chi connectivity index (χ0v) is 15.8. The summed E-state index contributed by atoms with van der Waals surface area (Å²) in [6, 6.07) is 23.7. The van der Waals surface area contributed by atoms with Gasteiger partial charge in [0.2, 0.25) is 5.91 Å². The van der Waals surface area contributed by atoms with Gasteiger partial charge in [0.05, 0.1) is 6.54 Å². The fourth-order valence-corrected chi connectivity index (χ4v) is 2.85. The molecule has 28 heavy (non-hydrogen) atoms. The van der Waals surface area contributed by atoms with Gasteiger partial charge in [-0.3, -0.25) is 9.69 Å². The number of hydrogen-bond acceptors (Lipinski definition) is 3. The molecule has 4 nitrogen and oxygen atoms in total. The molecule has 0 saturated carbocycles. The second-order valence-electron chi connectivity index (χ2n) is 6.50. The molecule has 3 aromatic rings. The molecule has 0 atom stereocenters. The molecule has 3 rings (SSSR count). The van der Waals surface area contributed by atoms with Crippen LogP contribution < -0.4 is 10.1 Å². The van der Waals surface area contributed by atoms with Crippen LogP contribution in [0.2, 0.25) is 0 Å². The van der Waals surface area contributed by atoms with Gasteiger partial charge in [0.15, 0.2) is 0 Å². The monoisotopic (exact) mass is 378 g/mol. The van der Waals surface area contributed by atoms with Gasteiger partial charge < -0.3 is 10.1 Å². The maximum Gasteiger partial charge on any atom is 0.238 e. The third kappa shape index (κ3) is 5.66. The second-order valence-corrected chi connectivity index (χ2v) is 6.50. The van der Waals surface area contributed by atoms with Gasteiger partial charge >= 0.3 is 0 Å². The summed E-state index contributed by atoms with van der Waals surface area (Å²) < 4.78 is 18.7. The van der Waals surface area contributed by atoms with Crippen LogP contribution in [0.4, 0.5) is 10.1 Å². The molecule has 0 bridgehead atoms. The highest BCUT2D eigenvalue weighted by atomic mass is 19.1. The number of halogens is 1. The van der Waals surface area contributed by atoms with Gasteiger partial charge in [-0.25, -0.2) is 4.39 Å². The highest BCUT2D eigenvalue weighted by Gasteiger charge is 2.10. The zero-order valence-electron chi connectivity index (χ0n) is 15.8. The molecule has 0 aliphatic carbocycles. The van der Waals surface area contributed by atoms with Crippen molar-refractivity contribution < 1.29 is 13.9 Å². The lowest BCUT2D eigenvalue weighted by Crippen LogP contribution is -2.33. The molecule has 0 aliphatic heterocycles. The summed E-state index contributed by atoms with van der Waals surface area (Å²) in [6.45, 7) is 1.15. The Kier molecular flexibility index (Phi) is 6.76. The van der Waals surface area contributed by atoms with E-state index in [2.05, 4.69) is 5.32 Å². The first-order valence-corrected chi connectivity index (χ1v) is 9.13. The molecular weight excluding hydrogens is 355 g/mol. The molecule has 5 heteroatoms. The Balaban J connectivity index is 1.51. The number of rotatable bonds is 8. The second kappa shape index (κ2) is 9.67. The zero-order chi connectivity index (χ0) is 19.8. The molecule has 0 spiro atoms. The first-order valence-electron chi connectivity index (χ1n) is 9.13. The Morgan fingerprint density at radius 1 is 1.00 bits per heavy atom. The molecule has 0 aromatic heterocycles. The molecule has 3 aromatic carbocycles. The van der Waals surface area contributed by atoms with Gasteiger partial charge in [0, 0.05) is 23.9 Å². The Morgan fingerprint density at radius 2 is 1.75 bits per heavy atom. The van der Waals surface area contributed by atoms with E-state index in [1.54, 1.807) is 12.1 Å². The Morgan fingerprint density at radius 3 is 2.54 bits per heavy atom. The molecule has 0 unspecified atom stereocenters. The third-order valence-corrected chi connectivity index (χ3v) is 4.24. The number of carbonyl (C=O) groups excluding carboxylic acids is 1. The molecule has 0 heterocycles. The van der Waals surface area contributed by atoms with Crippen LogP contribution in [0.5, 0.6) is 5.75 Å².